The summed E-state index contributed by atoms with van der Waals surface area (Å²) in [5.41, 5.74) is 1.44. The molecule has 0 unspecified atom stereocenters. The van der Waals surface area contributed by atoms with Gasteiger partial charge >= 0.3 is 5.56 Å². The molecule has 0 atom stereocenters. The van der Waals surface area contributed by atoms with Gasteiger partial charge in [0.1, 0.15) is 24.7 Å². The lowest BCUT2D eigenvalue weighted by atomic mass is 10.1. The summed E-state index contributed by atoms with van der Waals surface area (Å²) in [6, 6.07) is 15.6. The minimum absolute atomic E-state index is 0.00311. The largest absolute Gasteiger partial charge is 0.481 e. The number of nitrogens with zero attached hydrogens (tertiary/aromatic N) is 5. The molecule has 0 aliphatic carbocycles. The molecule has 0 spiro atoms. The quantitative estimate of drug-likeness (QED) is 0.288. The molecule has 0 N–H and O–H groups in total. The fourth-order valence-corrected chi connectivity index (χ4v) is 4.88. The Morgan fingerprint density at radius 2 is 1.75 bits per heavy atom. The Morgan fingerprint density at radius 3 is 2.52 bits per heavy atom. The van der Waals surface area contributed by atoms with Crippen LogP contribution in [0.15, 0.2) is 82.4 Å². The summed E-state index contributed by atoms with van der Waals surface area (Å²) in [5, 5.41) is 0. The van der Waals surface area contributed by atoms with E-state index >= 15 is 0 Å². The first kappa shape index (κ1) is 25.5. The zero-order valence-corrected chi connectivity index (χ0v) is 21.8. The standard InChI is InChI=1S/C30H28FN5O4/c31-23-11-9-21(10-12-23)17-24-18-32-28(40-24)26-27(39-20-22-7-3-1-4-8-22)29(38)36-16-15-35(30(36)33-26)19-25(37)34-13-5-2-6-14-34/h1,3-4,7-12,15-16,18H,2,5-6,13-14,17,19-20H2. The second kappa shape index (κ2) is 11.2. The SMILES string of the molecule is O=C(Cn1ccn2c(=O)c(OCc3ccccc3)c(-c3ncc(Cc4ccc(F)cc4)o3)nc12)N1CCCCC1. The number of halogens is 1. The summed E-state index contributed by atoms with van der Waals surface area (Å²) < 4.78 is 28.4. The predicted molar refractivity (Wildman–Crippen MR) is 145 cm³/mol. The van der Waals surface area contributed by atoms with Crippen LogP contribution in [0.1, 0.15) is 36.1 Å². The third-order valence-corrected chi connectivity index (χ3v) is 7.00. The van der Waals surface area contributed by atoms with E-state index in [1.807, 2.05) is 35.2 Å². The molecule has 0 bridgehead atoms. The van der Waals surface area contributed by atoms with E-state index in [0.717, 1.165) is 43.5 Å². The topological polar surface area (TPSA) is 94.9 Å². The van der Waals surface area contributed by atoms with Gasteiger partial charge in [-0.25, -0.2) is 18.8 Å². The Morgan fingerprint density at radius 1 is 0.975 bits per heavy atom. The highest BCUT2D eigenvalue weighted by molar-refractivity contribution is 5.76. The summed E-state index contributed by atoms with van der Waals surface area (Å²) in [6.07, 6.45) is 8.31. The van der Waals surface area contributed by atoms with Gasteiger partial charge in [0.25, 0.3) is 0 Å². The minimum atomic E-state index is -0.432. The number of amides is 1. The third-order valence-electron chi connectivity index (χ3n) is 7.00. The Kier molecular flexibility index (Phi) is 7.13. The predicted octanol–water partition coefficient (Wildman–Crippen LogP) is 4.47. The fraction of sp³-hybridized carbons (Fsp3) is 0.267. The highest BCUT2D eigenvalue weighted by Crippen LogP contribution is 2.27. The molecule has 5 aromatic rings. The van der Waals surface area contributed by atoms with Crippen molar-refractivity contribution in [3.8, 4) is 17.3 Å². The summed E-state index contributed by atoms with van der Waals surface area (Å²) in [4.78, 5) is 37.6. The van der Waals surface area contributed by atoms with Crippen LogP contribution in [0, 0.1) is 5.82 Å². The maximum Gasteiger partial charge on any atom is 0.302 e. The van der Waals surface area contributed by atoms with Gasteiger partial charge in [0.2, 0.25) is 23.3 Å². The van der Waals surface area contributed by atoms with Crippen molar-refractivity contribution in [3.05, 3.63) is 106 Å². The number of likely N-dealkylation sites (tertiary alicyclic amines) is 1. The first-order valence-corrected chi connectivity index (χ1v) is 13.3. The lowest BCUT2D eigenvalue weighted by molar-refractivity contribution is -0.132. The number of rotatable bonds is 8. The van der Waals surface area contributed by atoms with Crippen LogP contribution in [0.4, 0.5) is 4.39 Å². The van der Waals surface area contributed by atoms with Crippen molar-refractivity contribution in [2.75, 3.05) is 13.1 Å². The lowest BCUT2D eigenvalue weighted by Crippen LogP contribution is -2.37. The third kappa shape index (κ3) is 5.38. The number of benzene rings is 2. The molecular formula is C30H28FN5O4. The van der Waals surface area contributed by atoms with E-state index in [-0.39, 0.29) is 48.0 Å². The first-order valence-electron chi connectivity index (χ1n) is 13.3. The Bertz CT molecular complexity index is 1690. The van der Waals surface area contributed by atoms with Crippen molar-refractivity contribution in [1.82, 2.24) is 23.8 Å². The average molecular weight is 542 g/mol. The van der Waals surface area contributed by atoms with Gasteiger partial charge in [-0.2, -0.15) is 0 Å². The van der Waals surface area contributed by atoms with Crippen molar-refractivity contribution < 1.29 is 18.3 Å². The number of carbonyl (C=O) groups excluding carboxylic acids is 1. The monoisotopic (exact) mass is 541 g/mol. The molecule has 1 saturated heterocycles. The van der Waals surface area contributed by atoms with E-state index < -0.39 is 5.56 Å². The zero-order chi connectivity index (χ0) is 27.5. The van der Waals surface area contributed by atoms with Gasteiger partial charge in [-0.15, -0.1) is 0 Å². The van der Waals surface area contributed by atoms with E-state index in [1.165, 1.54) is 16.5 Å². The van der Waals surface area contributed by atoms with Crippen molar-refractivity contribution >= 4 is 11.7 Å². The Labute approximate surface area is 229 Å². The van der Waals surface area contributed by atoms with Gasteiger partial charge in [0.15, 0.2) is 5.69 Å². The van der Waals surface area contributed by atoms with Gasteiger partial charge in [0, 0.05) is 31.9 Å². The summed E-state index contributed by atoms with van der Waals surface area (Å²) in [7, 11) is 0. The average Bonchev–Trinajstić information content (AvgIpc) is 3.62. The number of fused-ring (bicyclic) bond motifs is 1. The van der Waals surface area contributed by atoms with E-state index in [2.05, 4.69) is 4.98 Å². The van der Waals surface area contributed by atoms with Crippen LogP contribution in [0.3, 0.4) is 0 Å². The molecule has 1 fully saturated rings. The molecule has 6 rings (SSSR count). The molecule has 40 heavy (non-hydrogen) atoms. The van der Waals surface area contributed by atoms with Crippen molar-refractivity contribution in [1.29, 1.82) is 0 Å². The number of piperidine rings is 1. The highest BCUT2D eigenvalue weighted by atomic mass is 19.1. The Hall–Kier alpha value is -4.73. The maximum absolute atomic E-state index is 13.7. The molecule has 0 radical (unpaired) electrons. The number of aromatic nitrogens is 4. The molecule has 1 aliphatic rings. The van der Waals surface area contributed by atoms with Crippen molar-refractivity contribution in [3.63, 3.8) is 0 Å². The van der Waals surface area contributed by atoms with Crippen LogP contribution in [-0.4, -0.2) is 42.8 Å². The van der Waals surface area contributed by atoms with E-state index in [0.29, 0.717) is 12.2 Å². The van der Waals surface area contributed by atoms with Gasteiger partial charge in [-0.05, 0) is 42.5 Å². The molecule has 1 amide bonds. The molecule has 0 saturated carbocycles. The van der Waals surface area contributed by atoms with Gasteiger partial charge < -0.3 is 18.6 Å². The smallest absolute Gasteiger partial charge is 0.302 e. The van der Waals surface area contributed by atoms with E-state index in [1.54, 1.807) is 35.3 Å². The van der Waals surface area contributed by atoms with Gasteiger partial charge in [-0.3, -0.25) is 9.59 Å². The number of ether oxygens (including phenoxy) is 1. The molecule has 10 heteroatoms. The van der Waals surface area contributed by atoms with Crippen LogP contribution in [0.2, 0.25) is 0 Å². The number of hydrogen-bond acceptors (Lipinski definition) is 6. The zero-order valence-electron chi connectivity index (χ0n) is 21.8. The highest BCUT2D eigenvalue weighted by Gasteiger charge is 2.24. The molecule has 1 aliphatic heterocycles. The number of imidazole rings is 1. The van der Waals surface area contributed by atoms with Crippen molar-refractivity contribution in [2.45, 2.75) is 38.8 Å². The fourth-order valence-electron chi connectivity index (χ4n) is 4.88. The van der Waals surface area contributed by atoms with Crippen LogP contribution >= 0.6 is 0 Å². The second-order valence-electron chi connectivity index (χ2n) is 9.84. The second-order valence-corrected chi connectivity index (χ2v) is 9.84. The number of hydrogen-bond donors (Lipinski definition) is 0. The minimum Gasteiger partial charge on any atom is -0.481 e. The van der Waals surface area contributed by atoms with Crippen molar-refractivity contribution in [2.24, 2.45) is 0 Å². The summed E-state index contributed by atoms with van der Waals surface area (Å²) in [5.74, 6) is 0.591. The summed E-state index contributed by atoms with van der Waals surface area (Å²) in [6.45, 7) is 1.69. The van der Waals surface area contributed by atoms with E-state index in [4.69, 9.17) is 14.1 Å². The van der Waals surface area contributed by atoms with Gasteiger partial charge in [0.05, 0.1) is 6.20 Å². The molecule has 204 valence electrons. The Balaban J connectivity index is 1.36. The number of carbonyl (C=O) groups is 1. The van der Waals surface area contributed by atoms with Crippen LogP contribution in [-0.2, 0) is 24.4 Å². The molecule has 2 aromatic carbocycles. The normalized spacial score (nSPS) is 13.6. The molecule has 4 heterocycles. The maximum atomic E-state index is 13.7. The van der Waals surface area contributed by atoms with Gasteiger partial charge in [-0.1, -0.05) is 42.5 Å². The first-order chi connectivity index (χ1) is 19.5. The van der Waals surface area contributed by atoms with Crippen LogP contribution < -0.4 is 10.3 Å². The van der Waals surface area contributed by atoms with Crippen LogP contribution in [0.25, 0.3) is 17.4 Å². The molecule has 3 aromatic heterocycles. The van der Waals surface area contributed by atoms with Crippen LogP contribution in [0.5, 0.6) is 5.75 Å². The number of oxazole rings is 1. The summed E-state index contributed by atoms with van der Waals surface area (Å²) >= 11 is 0. The molecule has 9 nitrogen and oxygen atoms in total. The lowest BCUT2D eigenvalue weighted by Gasteiger charge is -2.26. The molecular weight excluding hydrogens is 513 g/mol. The van der Waals surface area contributed by atoms with E-state index in [9.17, 15) is 14.0 Å².